The van der Waals surface area contributed by atoms with Gasteiger partial charge < -0.3 is 11.1 Å². The minimum atomic E-state index is 0.441. The van der Waals surface area contributed by atoms with Gasteiger partial charge in [0.05, 0.1) is 17.6 Å². The minimum Gasteiger partial charge on any atom is -0.381 e. The normalized spacial score (nSPS) is 10.8. The van der Waals surface area contributed by atoms with Gasteiger partial charge in [-0.15, -0.1) is 11.3 Å². The Bertz CT molecular complexity index is 736. The lowest BCUT2D eigenvalue weighted by Crippen LogP contribution is -2.05. The number of aryl methyl sites for hydroxylation is 1. The van der Waals surface area contributed by atoms with Gasteiger partial charge in [0.2, 0.25) is 0 Å². The first-order valence-corrected chi connectivity index (χ1v) is 7.41. The number of nitrogens with two attached hydrogens (primary N) is 1. The van der Waals surface area contributed by atoms with Crippen LogP contribution in [-0.4, -0.2) is 9.97 Å². The molecule has 0 spiro atoms. The highest BCUT2D eigenvalue weighted by Gasteiger charge is 2.06. The van der Waals surface area contributed by atoms with Gasteiger partial charge in [0, 0.05) is 9.75 Å². The first kappa shape index (κ1) is 12.9. The highest BCUT2D eigenvalue weighted by atomic mass is 32.1. The number of thiophene rings is 1. The first-order valence-electron chi connectivity index (χ1n) is 6.60. The van der Waals surface area contributed by atoms with E-state index in [4.69, 9.17) is 5.73 Å². The van der Waals surface area contributed by atoms with Gasteiger partial charge >= 0.3 is 0 Å². The molecule has 102 valence electrons. The summed E-state index contributed by atoms with van der Waals surface area (Å²) in [7, 11) is 0. The van der Waals surface area contributed by atoms with Gasteiger partial charge in [-0.1, -0.05) is 19.1 Å². The summed E-state index contributed by atoms with van der Waals surface area (Å²) < 4.78 is 0. The van der Waals surface area contributed by atoms with Crippen LogP contribution in [0, 0.1) is 0 Å². The lowest BCUT2D eigenvalue weighted by molar-refractivity contribution is 1.14. The molecule has 3 rings (SSSR count). The third kappa shape index (κ3) is 2.58. The van der Waals surface area contributed by atoms with Crippen LogP contribution < -0.4 is 11.1 Å². The fourth-order valence-electron chi connectivity index (χ4n) is 2.02. The van der Waals surface area contributed by atoms with Crippen molar-refractivity contribution in [2.75, 3.05) is 11.1 Å². The molecular weight excluding hydrogens is 268 g/mol. The molecule has 3 aromatic rings. The summed E-state index contributed by atoms with van der Waals surface area (Å²) in [5, 5.41) is 3.27. The predicted molar refractivity (Wildman–Crippen MR) is 85.0 cm³/mol. The van der Waals surface area contributed by atoms with Crippen molar-refractivity contribution in [1.82, 2.24) is 9.97 Å². The van der Waals surface area contributed by atoms with E-state index < -0.39 is 0 Å². The molecule has 0 bridgehead atoms. The fraction of sp³-hybridized carbons (Fsp3) is 0.200. The van der Waals surface area contributed by atoms with Gasteiger partial charge in [-0.2, -0.15) is 0 Å². The van der Waals surface area contributed by atoms with Gasteiger partial charge in [-0.25, -0.2) is 9.97 Å². The van der Waals surface area contributed by atoms with Crippen LogP contribution in [0.3, 0.4) is 0 Å². The topological polar surface area (TPSA) is 63.8 Å². The molecule has 5 heteroatoms. The molecule has 2 aromatic heterocycles. The molecule has 2 heterocycles. The zero-order valence-corrected chi connectivity index (χ0v) is 12.1. The van der Waals surface area contributed by atoms with Crippen molar-refractivity contribution in [1.29, 1.82) is 0 Å². The minimum absolute atomic E-state index is 0.441. The monoisotopic (exact) mass is 284 g/mol. The van der Waals surface area contributed by atoms with Gasteiger partial charge in [0.15, 0.2) is 11.6 Å². The second-order valence-electron chi connectivity index (χ2n) is 4.52. The second kappa shape index (κ2) is 5.46. The van der Waals surface area contributed by atoms with Gasteiger partial charge in [0.1, 0.15) is 0 Å². The van der Waals surface area contributed by atoms with Crippen LogP contribution in [0.15, 0.2) is 36.4 Å². The summed E-state index contributed by atoms with van der Waals surface area (Å²) in [5.41, 5.74) is 7.62. The van der Waals surface area contributed by atoms with Crippen molar-refractivity contribution in [2.45, 2.75) is 19.9 Å². The van der Waals surface area contributed by atoms with Crippen molar-refractivity contribution < 1.29 is 0 Å². The van der Waals surface area contributed by atoms with E-state index in [1.54, 1.807) is 0 Å². The highest BCUT2D eigenvalue weighted by molar-refractivity contribution is 7.12. The largest absolute Gasteiger partial charge is 0.381 e. The maximum atomic E-state index is 5.95. The molecular formula is C15H16N4S. The summed E-state index contributed by atoms with van der Waals surface area (Å²) in [4.78, 5) is 11.6. The molecule has 0 fully saturated rings. The molecule has 0 unspecified atom stereocenters. The molecule has 20 heavy (non-hydrogen) atoms. The predicted octanol–water partition coefficient (Wildman–Crippen LogP) is 3.45. The van der Waals surface area contributed by atoms with Crippen LogP contribution in [0.5, 0.6) is 0 Å². The van der Waals surface area contributed by atoms with Crippen LogP contribution in [0.1, 0.15) is 16.7 Å². The van der Waals surface area contributed by atoms with E-state index in [1.165, 1.54) is 9.75 Å². The van der Waals surface area contributed by atoms with Gasteiger partial charge in [-0.3, -0.25) is 0 Å². The number of anilines is 2. The standard InChI is InChI=1S/C15H16N4S/c1-2-10-7-8-11(20-10)9-17-15-14(16)18-12-5-3-4-6-13(12)19-15/h3-8H,2,9H2,1H3,(H2,16,18)(H,17,19). The van der Waals surface area contributed by atoms with E-state index in [0.29, 0.717) is 11.6 Å². The summed E-state index contributed by atoms with van der Waals surface area (Å²) in [6.07, 6.45) is 1.07. The highest BCUT2D eigenvalue weighted by Crippen LogP contribution is 2.21. The Morgan fingerprint density at radius 1 is 1.05 bits per heavy atom. The molecule has 0 atom stereocenters. The van der Waals surface area contributed by atoms with Crippen LogP contribution >= 0.6 is 11.3 Å². The molecule has 1 aromatic carbocycles. The average Bonchev–Trinajstić information content (AvgIpc) is 2.93. The number of hydrogen-bond donors (Lipinski definition) is 2. The summed E-state index contributed by atoms with van der Waals surface area (Å²) in [6.45, 7) is 2.89. The number of hydrogen-bond acceptors (Lipinski definition) is 5. The summed E-state index contributed by atoms with van der Waals surface area (Å²) in [6, 6.07) is 12.0. The van der Waals surface area contributed by atoms with Crippen LogP contribution in [0.4, 0.5) is 11.6 Å². The van der Waals surface area contributed by atoms with Crippen LogP contribution in [0.25, 0.3) is 11.0 Å². The molecule has 3 N–H and O–H groups in total. The number of nitrogens with zero attached hydrogens (tertiary/aromatic N) is 2. The number of nitrogens with one attached hydrogen (secondary N) is 1. The Hall–Kier alpha value is -2.14. The number of aromatic nitrogens is 2. The van der Waals surface area contributed by atoms with Crippen molar-refractivity contribution in [3.63, 3.8) is 0 Å². The molecule has 0 saturated heterocycles. The van der Waals surface area contributed by atoms with E-state index in [9.17, 15) is 0 Å². The lowest BCUT2D eigenvalue weighted by Gasteiger charge is -2.08. The Balaban J connectivity index is 1.81. The smallest absolute Gasteiger partial charge is 0.169 e. The quantitative estimate of drug-likeness (QED) is 0.770. The summed E-state index contributed by atoms with van der Waals surface area (Å²) in [5.74, 6) is 1.09. The van der Waals surface area contributed by atoms with E-state index in [0.717, 1.165) is 24.0 Å². The molecule has 0 saturated carbocycles. The maximum Gasteiger partial charge on any atom is 0.169 e. The number of para-hydroxylation sites is 2. The lowest BCUT2D eigenvalue weighted by atomic mass is 10.3. The first-order chi connectivity index (χ1) is 9.76. The van der Waals surface area contributed by atoms with Crippen molar-refractivity contribution in [3.8, 4) is 0 Å². The van der Waals surface area contributed by atoms with E-state index in [2.05, 4.69) is 34.3 Å². The molecule has 0 aliphatic carbocycles. The SMILES string of the molecule is CCc1ccc(CNc2nc3ccccc3nc2N)s1. The van der Waals surface area contributed by atoms with E-state index >= 15 is 0 Å². The van der Waals surface area contributed by atoms with Gasteiger partial charge in [0.25, 0.3) is 0 Å². The zero-order chi connectivity index (χ0) is 13.9. The van der Waals surface area contributed by atoms with Gasteiger partial charge in [-0.05, 0) is 30.7 Å². The number of benzene rings is 1. The van der Waals surface area contributed by atoms with Crippen molar-refractivity contribution in [3.05, 3.63) is 46.2 Å². The van der Waals surface area contributed by atoms with E-state index in [-0.39, 0.29) is 0 Å². The Labute approximate surface area is 121 Å². The van der Waals surface area contributed by atoms with E-state index in [1.807, 2.05) is 35.6 Å². The zero-order valence-electron chi connectivity index (χ0n) is 11.3. The molecule has 0 amide bonds. The van der Waals surface area contributed by atoms with Crippen molar-refractivity contribution >= 4 is 34.0 Å². The average molecular weight is 284 g/mol. The number of rotatable bonds is 4. The van der Waals surface area contributed by atoms with Crippen LogP contribution in [0.2, 0.25) is 0 Å². The molecule has 0 aliphatic rings. The Morgan fingerprint density at radius 2 is 1.75 bits per heavy atom. The van der Waals surface area contributed by atoms with Crippen LogP contribution in [-0.2, 0) is 13.0 Å². The molecule has 4 nitrogen and oxygen atoms in total. The maximum absolute atomic E-state index is 5.95. The Morgan fingerprint density at radius 3 is 2.45 bits per heavy atom. The summed E-state index contributed by atoms with van der Waals surface area (Å²) >= 11 is 1.81. The molecule has 0 aliphatic heterocycles. The number of fused-ring (bicyclic) bond motifs is 1. The van der Waals surface area contributed by atoms with Crippen molar-refractivity contribution in [2.24, 2.45) is 0 Å². The fourth-order valence-corrected chi connectivity index (χ4v) is 2.92. The number of nitrogen functional groups attached to an aromatic ring is 1. The third-order valence-corrected chi connectivity index (χ3v) is 4.32. The third-order valence-electron chi connectivity index (χ3n) is 3.09. The Kier molecular flexibility index (Phi) is 3.52. The molecule has 0 radical (unpaired) electrons. The second-order valence-corrected chi connectivity index (χ2v) is 5.77.